The first kappa shape index (κ1) is 17.7. The van der Waals surface area contributed by atoms with Crippen molar-refractivity contribution in [1.29, 1.82) is 0 Å². The lowest BCUT2D eigenvalue weighted by molar-refractivity contribution is 0.0377. The first-order valence-corrected chi connectivity index (χ1v) is 9.71. The highest BCUT2D eigenvalue weighted by Crippen LogP contribution is 2.44. The van der Waals surface area contributed by atoms with Gasteiger partial charge in [0.05, 0.1) is 25.3 Å². The largest absolute Gasteiger partial charge is 0.448 e. The van der Waals surface area contributed by atoms with Crippen LogP contribution in [0.3, 0.4) is 0 Å². The fourth-order valence-electron chi connectivity index (χ4n) is 4.67. The number of ether oxygens (including phenoxy) is 3. The van der Waals surface area contributed by atoms with Crippen LogP contribution in [0.1, 0.15) is 17.0 Å². The van der Waals surface area contributed by atoms with Gasteiger partial charge in [0.15, 0.2) is 0 Å². The van der Waals surface area contributed by atoms with E-state index in [1.165, 1.54) is 22.3 Å². The summed E-state index contributed by atoms with van der Waals surface area (Å²) >= 11 is 0. The Hall–Kier alpha value is -2.41. The lowest BCUT2D eigenvalue weighted by Crippen LogP contribution is -2.46. The zero-order valence-electron chi connectivity index (χ0n) is 15.8. The van der Waals surface area contributed by atoms with Crippen LogP contribution in [0.4, 0.5) is 4.79 Å². The second-order valence-corrected chi connectivity index (χ2v) is 7.74. The van der Waals surface area contributed by atoms with Gasteiger partial charge in [-0.15, -0.1) is 0 Å². The summed E-state index contributed by atoms with van der Waals surface area (Å²) in [5.74, 6) is 0.0495. The fourth-order valence-corrected chi connectivity index (χ4v) is 4.67. The monoisotopic (exact) mass is 380 g/mol. The van der Waals surface area contributed by atoms with Crippen molar-refractivity contribution in [2.75, 3.05) is 26.9 Å². The molecule has 2 fully saturated rings. The van der Waals surface area contributed by atoms with Gasteiger partial charge in [-0.25, -0.2) is 4.79 Å². The number of carbonyl (C=O) groups excluding carboxylic acids is 1. The van der Waals surface area contributed by atoms with Gasteiger partial charge in [-0.1, -0.05) is 48.5 Å². The molecule has 6 nitrogen and oxygen atoms in total. The molecule has 0 radical (unpaired) electrons. The van der Waals surface area contributed by atoms with Gasteiger partial charge < -0.3 is 24.8 Å². The van der Waals surface area contributed by atoms with Crippen molar-refractivity contribution in [3.8, 4) is 11.1 Å². The summed E-state index contributed by atoms with van der Waals surface area (Å²) in [4.78, 5) is 14.3. The van der Waals surface area contributed by atoms with E-state index in [2.05, 4.69) is 24.3 Å². The Kier molecular flexibility index (Phi) is 4.34. The molecule has 0 unspecified atom stereocenters. The molecule has 5 rings (SSSR count). The van der Waals surface area contributed by atoms with Crippen molar-refractivity contribution in [1.82, 2.24) is 4.90 Å². The van der Waals surface area contributed by atoms with Crippen molar-refractivity contribution >= 4 is 6.09 Å². The quantitative estimate of drug-likeness (QED) is 0.885. The van der Waals surface area contributed by atoms with Crippen LogP contribution >= 0.6 is 0 Å². The smallest absolute Gasteiger partial charge is 0.409 e. The van der Waals surface area contributed by atoms with Crippen LogP contribution in [-0.4, -0.2) is 62.2 Å². The summed E-state index contributed by atoms with van der Waals surface area (Å²) in [6.07, 6.45) is -0.686. The molecule has 3 aliphatic rings. The van der Waals surface area contributed by atoms with Gasteiger partial charge in [-0.2, -0.15) is 0 Å². The Morgan fingerprint density at radius 3 is 2.32 bits per heavy atom. The normalized spacial score (nSPS) is 27.9. The minimum atomic E-state index is -0.361. The highest BCUT2D eigenvalue weighted by Gasteiger charge is 2.49. The van der Waals surface area contributed by atoms with E-state index in [4.69, 9.17) is 19.9 Å². The summed E-state index contributed by atoms with van der Waals surface area (Å²) in [6, 6.07) is 16.3. The maximum Gasteiger partial charge on any atom is 0.409 e. The van der Waals surface area contributed by atoms with Crippen molar-refractivity contribution in [2.45, 2.75) is 30.2 Å². The van der Waals surface area contributed by atoms with E-state index in [1.54, 1.807) is 11.9 Å². The Labute approximate surface area is 164 Å². The Bertz CT molecular complexity index is 856. The lowest BCUT2D eigenvalue weighted by Gasteiger charge is -2.27. The Morgan fingerprint density at radius 2 is 1.64 bits per heavy atom. The third-order valence-electron chi connectivity index (χ3n) is 6.19. The highest BCUT2D eigenvalue weighted by molar-refractivity contribution is 5.79. The summed E-state index contributed by atoms with van der Waals surface area (Å²) in [6.45, 7) is 1.19. The van der Waals surface area contributed by atoms with E-state index < -0.39 is 0 Å². The molecule has 0 bridgehead atoms. The lowest BCUT2D eigenvalue weighted by atomic mass is 9.98. The minimum absolute atomic E-state index is 0.0495. The van der Waals surface area contributed by atoms with Gasteiger partial charge >= 0.3 is 6.09 Å². The van der Waals surface area contributed by atoms with Gasteiger partial charge in [-0.05, 0) is 22.3 Å². The molecule has 2 heterocycles. The number of carbonyl (C=O) groups is 1. The summed E-state index contributed by atoms with van der Waals surface area (Å²) < 4.78 is 17.2. The highest BCUT2D eigenvalue weighted by atomic mass is 16.6. The Balaban J connectivity index is 1.29. The molecule has 4 atom stereocenters. The first-order valence-electron chi connectivity index (χ1n) is 9.71. The number of hydrogen-bond acceptors (Lipinski definition) is 5. The predicted octanol–water partition coefficient (Wildman–Crippen LogP) is 2.36. The molecule has 0 aromatic heterocycles. The molecule has 2 aromatic rings. The number of benzene rings is 2. The predicted molar refractivity (Wildman–Crippen MR) is 104 cm³/mol. The second kappa shape index (κ2) is 6.88. The Morgan fingerprint density at radius 1 is 1.04 bits per heavy atom. The number of rotatable bonds is 3. The van der Waals surface area contributed by atoms with E-state index in [9.17, 15) is 4.79 Å². The number of hydrogen-bond donors (Lipinski definition) is 1. The van der Waals surface area contributed by atoms with Crippen LogP contribution in [0.25, 0.3) is 11.1 Å². The van der Waals surface area contributed by atoms with Crippen LogP contribution in [0.2, 0.25) is 0 Å². The van der Waals surface area contributed by atoms with Crippen LogP contribution in [-0.2, 0) is 14.2 Å². The zero-order valence-corrected chi connectivity index (χ0v) is 15.8. The maximum atomic E-state index is 12.7. The summed E-state index contributed by atoms with van der Waals surface area (Å²) in [7, 11) is 1.74. The molecular weight excluding hydrogens is 356 g/mol. The molecule has 28 heavy (non-hydrogen) atoms. The molecule has 2 N–H and O–H groups in total. The standard InChI is InChI=1S/C22H24N2O4/c1-24(19-12-27-20-18(23)11-26-21(19)20)22(25)28-10-17-15-8-4-2-6-13(15)14-7-3-5-9-16(14)17/h2-9,17-21H,10-12,23H2,1H3/t18-,19-,20+,21+/m0/s1. The van der Waals surface area contributed by atoms with Crippen LogP contribution in [0.5, 0.6) is 0 Å². The van der Waals surface area contributed by atoms with E-state index in [0.29, 0.717) is 19.8 Å². The SMILES string of the molecule is CN(C(=O)OCC1c2ccccc2-c2ccccc21)[C@H]1CO[C@H]2[C@@H]1OC[C@@H]2N. The van der Waals surface area contributed by atoms with Crippen LogP contribution < -0.4 is 5.73 Å². The number of amides is 1. The first-order chi connectivity index (χ1) is 13.6. The maximum absolute atomic E-state index is 12.7. The molecule has 6 heteroatoms. The van der Waals surface area contributed by atoms with E-state index >= 15 is 0 Å². The molecule has 2 saturated heterocycles. The summed E-state index contributed by atoms with van der Waals surface area (Å²) in [5, 5.41) is 0. The van der Waals surface area contributed by atoms with E-state index in [-0.39, 0.29) is 36.3 Å². The average molecular weight is 380 g/mol. The topological polar surface area (TPSA) is 74.0 Å². The third kappa shape index (κ3) is 2.71. The minimum Gasteiger partial charge on any atom is -0.448 e. The van der Waals surface area contributed by atoms with Crippen molar-refractivity contribution in [2.24, 2.45) is 5.73 Å². The fraction of sp³-hybridized carbons (Fsp3) is 0.409. The number of nitrogens with zero attached hydrogens (tertiary/aromatic N) is 1. The third-order valence-corrected chi connectivity index (χ3v) is 6.19. The molecule has 0 saturated carbocycles. The van der Waals surface area contributed by atoms with Crippen LogP contribution in [0, 0.1) is 0 Å². The summed E-state index contributed by atoms with van der Waals surface area (Å²) in [5.41, 5.74) is 10.8. The van der Waals surface area contributed by atoms with Gasteiger partial charge in [0.1, 0.15) is 18.8 Å². The van der Waals surface area contributed by atoms with Gasteiger partial charge in [0, 0.05) is 13.0 Å². The second-order valence-electron chi connectivity index (χ2n) is 7.74. The molecule has 2 aromatic carbocycles. The number of fused-ring (bicyclic) bond motifs is 4. The number of nitrogens with two attached hydrogens (primary N) is 1. The zero-order chi connectivity index (χ0) is 19.3. The van der Waals surface area contributed by atoms with Gasteiger partial charge in [0.25, 0.3) is 0 Å². The number of likely N-dealkylation sites (N-methyl/N-ethyl adjacent to an activating group) is 1. The molecule has 146 valence electrons. The molecule has 1 aliphatic carbocycles. The van der Waals surface area contributed by atoms with Gasteiger partial charge in [0.2, 0.25) is 0 Å². The van der Waals surface area contributed by atoms with Gasteiger partial charge in [-0.3, -0.25) is 0 Å². The molecular formula is C22H24N2O4. The molecule has 0 spiro atoms. The average Bonchev–Trinajstić information content (AvgIpc) is 3.39. The molecule has 2 aliphatic heterocycles. The molecule has 1 amide bonds. The van der Waals surface area contributed by atoms with E-state index in [1.807, 2.05) is 24.3 Å². The van der Waals surface area contributed by atoms with E-state index in [0.717, 1.165) is 0 Å². The van der Waals surface area contributed by atoms with Crippen molar-refractivity contribution < 1.29 is 19.0 Å². The van der Waals surface area contributed by atoms with Crippen LogP contribution in [0.15, 0.2) is 48.5 Å². The van der Waals surface area contributed by atoms with Crippen molar-refractivity contribution in [3.05, 3.63) is 59.7 Å². The van der Waals surface area contributed by atoms with Crippen molar-refractivity contribution in [3.63, 3.8) is 0 Å².